The van der Waals surface area contributed by atoms with Gasteiger partial charge in [-0.15, -0.1) is 0 Å². The van der Waals surface area contributed by atoms with E-state index in [4.69, 9.17) is 5.11 Å². The molecular weight excluding hydrogens is 305 g/mol. The van der Waals surface area contributed by atoms with E-state index >= 15 is 0 Å². The van der Waals surface area contributed by atoms with Crippen LogP contribution in [-0.2, 0) is 0 Å². The van der Waals surface area contributed by atoms with Crippen LogP contribution in [0, 0.1) is 5.82 Å². The van der Waals surface area contributed by atoms with Crippen LogP contribution in [0.5, 0.6) is 0 Å². The number of benzene rings is 1. The highest BCUT2D eigenvalue weighted by molar-refractivity contribution is 9.10. The summed E-state index contributed by atoms with van der Waals surface area (Å²) >= 11 is 3.18. The van der Waals surface area contributed by atoms with Crippen LogP contribution < -0.4 is 0 Å². The van der Waals surface area contributed by atoms with Crippen LogP contribution >= 0.6 is 15.9 Å². The summed E-state index contributed by atoms with van der Waals surface area (Å²) in [6.07, 6.45) is -1.50. The Morgan fingerprint density at radius 3 is 2.78 bits per heavy atom. The van der Waals surface area contributed by atoms with Gasteiger partial charge >= 0.3 is 6.09 Å². The Labute approximate surface area is 112 Å². The maximum atomic E-state index is 13.8. The predicted molar refractivity (Wildman–Crippen MR) is 67.1 cm³/mol. The molecule has 1 heterocycles. The quantitative estimate of drug-likeness (QED) is 0.836. The van der Waals surface area contributed by atoms with Crippen LogP contribution in [0.15, 0.2) is 22.7 Å². The maximum absolute atomic E-state index is 13.8. The van der Waals surface area contributed by atoms with E-state index in [1.165, 1.54) is 6.07 Å². The molecule has 2 N–H and O–H groups in total. The Hall–Kier alpha value is -1.14. The molecule has 98 valence electrons. The number of carbonyl (C=O) groups is 1. The van der Waals surface area contributed by atoms with Crippen LogP contribution in [0.2, 0.25) is 0 Å². The van der Waals surface area contributed by atoms with Crippen molar-refractivity contribution in [1.29, 1.82) is 0 Å². The van der Waals surface area contributed by atoms with Gasteiger partial charge in [-0.3, -0.25) is 0 Å². The van der Waals surface area contributed by atoms with Crippen molar-refractivity contribution < 1.29 is 19.4 Å². The summed E-state index contributed by atoms with van der Waals surface area (Å²) in [5.74, 6) is -0.731. The van der Waals surface area contributed by atoms with Crippen molar-refractivity contribution in [3.05, 3.63) is 34.1 Å². The number of nitrogens with zero attached hydrogens (tertiary/aromatic N) is 1. The van der Waals surface area contributed by atoms with Gasteiger partial charge in [0, 0.05) is 16.9 Å². The molecule has 0 radical (unpaired) electrons. The zero-order valence-electron chi connectivity index (χ0n) is 9.51. The average Bonchev–Trinajstić information content (AvgIpc) is 2.30. The van der Waals surface area contributed by atoms with E-state index in [1.54, 1.807) is 12.1 Å². The second-order valence-corrected chi connectivity index (χ2v) is 5.27. The lowest BCUT2D eigenvalue weighted by molar-refractivity contribution is 0.0495. The largest absolute Gasteiger partial charge is 0.465 e. The van der Waals surface area contributed by atoms with Gasteiger partial charge in [0.2, 0.25) is 0 Å². The van der Waals surface area contributed by atoms with E-state index in [-0.39, 0.29) is 18.3 Å². The second kappa shape index (κ2) is 5.24. The lowest BCUT2D eigenvalue weighted by Gasteiger charge is -2.34. The van der Waals surface area contributed by atoms with Crippen molar-refractivity contribution in [3.63, 3.8) is 0 Å². The number of hydrogen-bond donors (Lipinski definition) is 2. The Morgan fingerprint density at radius 1 is 1.50 bits per heavy atom. The Morgan fingerprint density at radius 2 is 2.22 bits per heavy atom. The van der Waals surface area contributed by atoms with Crippen LogP contribution in [0.4, 0.5) is 9.18 Å². The Bertz CT molecular complexity index is 469. The van der Waals surface area contributed by atoms with Gasteiger partial charge in [0.25, 0.3) is 0 Å². The van der Waals surface area contributed by atoms with Crippen LogP contribution in [-0.4, -0.2) is 40.4 Å². The fraction of sp³-hybridized carbons (Fsp3) is 0.417. The summed E-state index contributed by atoms with van der Waals surface area (Å²) in [5.41, 5.74) is 0.440. The summed E-state index contributed by atoms with van der Waals surface area (Å²) in [5, 5.41) is 18.8. The summed E-state index contributed by atoms with van der Waals surface area (Å²) in [6.45, 7) is 0.335. The van der Waals surface area contributed by atoms with Gasteiger partial charge < -0.3 is 15.1 Å². The van der Waals surface area contributed by atoms with Gasteiger partial charge in [0.05, 0.1) is 12.6 Å². The van der Waals surface area contributed by atoms with E-state index in [9.17, 15) is 14.3 Å². The highest BCUT2D eigenvalue weighted by Crippen LogP contribution is 2.31. The van der Waals surface area contributed by atoms with Gasteiger partial charge in [0.1, 0.15) is 5.82 Å². The number of carboxylic acid groups (broad SMARTS) is 1. The minimum absolute atomic E-state index is 0.0233. The van der Waals surface area contributed by atoms with E-state index in [1.807, 2.05) is 0 Å². The number of amides is 1. The molecule has 1 saturated heterocycles. The van der Waals surface area contributed by atoms with Crippen molar-refractivity contribution >= 4 is 22.0 Å². The average molecular weight is 318 g/mol. The van der Waals surface area contributed by atoms with Gasteiger partial charge in [-0.05, 0) is 24.1 Å². The second-order valence-electron chi connectivity index (χ2n) is 4.36. The molecule has 1 unspecified atom stereocenters. The fourth-order valence-electron chi connectivity index (χ4n) is 2.27. The number of piperidine rings is 1. The number of β-amino-alcohol motifs (C(OH)–C–C–N with tert-alkyl or cyclic N) is 1. The van der Waals surface area contributed by atoms with E-state index in [0.717, 1.165) is 4.90 Å². The third-order valence-corrected chi connectivity index (χ3v) is 3.71. The predicted octanol–water partition coefficient (Wildman–Crippen LogP) is 2.42. The van der Waals surface area contributed by atoms with Crippen molar-refractivity contribution in [2.75, 3.05) is 13.1 Å². The molecule has 0 saturated carbocycles. The molecule has 0 aliphatic carbocycles. The van der Waals surface area contributed by atoms with Crippen LogP contribution in [0.3, 0.4) is 0 Å². The zero-order chi connectivity index (χ0) is 13.3. The zero-order valence-corrected chi connectivity index (χ0v) is 11.1. The monoisotopic (exact) mass is 317 g/mol. The minimum atomic E-state index is -1.05. The Balaban J connectivity index is 2.17. The number of rotatable bonds is 1. The SMILES string of the molecule is O=C(O)N1CCC(c2ccc(Br)cc2F)[C@H](O)C1. The molecule has 1 amide bonds. The molecule has 0 aromatic heterocycles. The highest BCUT2D eigenvalue weighted by atomic mass is 79.9. The van der Waals surface area contributed by atoms with Crippen LogP contribution in [0.25, 0.3) is 0 Å². The molecule has 1 aromatic rings. The first kappa shape index (κ1) is 13.3. The van der Waals surface area contributed by atoms with Crippen molar-refractivity contribution in [1.82, 2.24) is 4.90 Å². The summed E-state index contributed by atoms with van der Waals surface area (Å²) in [7, 11) is 0. The summed E-state index contributed by atoms with van der Waals surface area (Å²) < 4.78 is 14.4. The van der Waals surface area contributed by atoms with Crippen molar-refractivity contribution in [2.24, 2.45) is 0 Å². The number of likely N-dealkylation sites (tertiary alicyclic amines) is 1. The molecule has 1 aliphatic heterocycles. The van der Waals surface area contributed by atoms with Gasteiger partial charge in [-0.25, -0.2) is 9.18 Å². The Kier molecular flexibility index (Phi) is 3.87. The number of aliphatic hydroxyl groups is 1. The first-order valence-corrected chi connectivity index (χ1v) is 6.39. The lowest BCUT2D eigenvalue weighted by atomic mass is 9.87. The van der Waals surface area contributed by atoms with E-state index < -0.39 is 12.2 Å². The number of aliphatic hydroxyl groups excluding tert-OH is 1. The topological polar surface area (TPSA) is 60.8 Å². The molecule has 2 rings (SSSR count). The molecule has 18 heavy (non-hydrogen) atoms. The maximum Gasteiger partial charge on any atom is 0.407 e. The molecular formula is C12H13BrFNO3. The standard InChI is InChI=1S/C12H13BrFNO3/c13-7-1-2-8(10(14)5-7)9-3-4-15(12(17)18)6-11(9)16/h1-2,5,9,11,16H,3-4,6H2,(H,17,18)/t9?,11-/m1/s1. The number of hydrogen-bond acceptors (Lipinski definition) is 2. The first-order valence-electron chi connectivity index (χ1n) is 5.60. The molecule has 4 nitrogen and oxygen atoms in total. The van der Waals surface area contributed by atoms with E-state index in [2.05, 4.69) is 15.9 Å². The smallest absolute Gasteiger partial charge is 0.407 e. The van der Waals surface area contributed by atoms with Crippen molar-refractivity contribution in [3.8, 4) is 0 Å². The van der Waals surface area contributed by atoms with Gasteiger partial charge in [0.15, 0.2) is 0 Å². The normalized spacial score (nSPS) is 24.1. The highest BCUT2D eigenvalue weighted by Gasteiger charge is 2.32. The fourth-order valence-corrected chi connectivity index (χ4v) is 2.60. The van der Waals surface area contributed by atoms with Gasteiger partial charge in [-0.2, -0.15) is 0 Å². The first-order chi connectivity index (χ1) is 8.49. The molecule has 0 spiro atoms. The van der Waals surface area contributed by atoms with Crippen LogP contribution in [0.1, 0.15) is 17.9 Å². The molecule has 0 bridgehead atoms. The number of halogens is 2. The van der Waals surface area contributed by atoms with Crippen molar-refractivity contribution in [2.45, 2.75) is 18.4 Å². The lowest BCUT2D eigenvalue weighted by Crippen LogP contribution is -2.45. The summed E-state index contributed by atoms with van der Waals surface area (Å²) in [6, 6.07) is 4.70. The summed E-state index contributed by atoms with van der Waals surface area (Å²) in [4.78, 5) is 11.9. The molecule has 2 atom stereocenters. The molecule has 6 heteroatoms. The third-order valence-electron chi connectivity index (χ3n) is 3.21. The third kappa shape index (κ3) is 2.64. The van der Waals surface area contributed by atoms with Gasteiger partial charge in [-0.1, -0.05) is 22.0 Å². The molecule has 1 aromatic carbocycles. The van der Waals surface area contributed by atoms with E-state index in [0.29, 0.717) is 23.0 Å². The minimum Gasteiger partial charge on any atom is -0.465 e. The molecule has 1 fully saturated rings. The molecule has 1 aliphatic rings.